The summed E-state index contributed by atoms with van der Waals surface area (Å²) in [6.45, 7) is 0.346. The summed E-state index contributed by atoms with van der Waals surface area (Å²) in [7, 11) is 1.58. The van der Waals surface area contributed by atoms with Gasteiger partial charge in [0.1, 0.15) is 11.0 Å². The fourth-order valence-corrected chi connectivity index (χ4v) is 5.15. The molecule has 7 heteroatoms. The first-order valence-electron chi connectivity index (χ1n) is 11.8. The predicted octanol–water partition coefficient (Wildman–Crippen LogP) is 5.93. The summed E-state index contributed by atoms with van der Waals surface area (Å²) in [5, 5.41) is 3.37. The van der Waals surface area contributed by atoms with Gasteiger partial charge in [-0.25, -0.2) is 4.98 Å². The maximum absolute atomic E-state index is 13.6. The monoisotopic (exact) mass is 507 g/mol. The molecule has 1 aromatic heterocycles. The van der Waals surface area contributed by atoms with Crippen molar-refractivity contribution in [1.29, 1.82) is 0 Å². The number of nitrogens with one attached hydrogen (secondary N) is 1. The third kappa shape index (κ3) is 5.57. The third-order valence-electron chi connectivity index (χ3n) is 5.91. The molecule has 5 rings (SSSR count). The van der Waals surface area contributed by atoms with Crippen LogP contribution in [0.15, 0.2) is 119 Å². The molecule has 0 aliphatic rings. The van der Waals surface area contributed by atoms with Crippen molar-refractivity contribution >= 4 is 34.3 Å². The summed E-state index contributed by atoms with van der Waals surface area (Å²) in [6.07, 6.45) is 0. The number of hydrogen-bond acceptors (Lipinski definition) is 5. The molecule has 0 fully saturated rings. The number of rotatable bonds is 8. The van der Waals surface area contributed by atoms with E-state index in [1.165, 1.54) is 11.8 Å². The number of para-hydroxylation sites is 1. The molecule has 0 saturated carbocycles. The topological polar surface area (TPSA) is 73.2 Å². The van der Waals surface area contributed by atoms with E-state index in [0.29, 0.717) is 34.0 Å². The van der Waals surface area contributed by atoms with E-state index in [2.05, 4.69) is 5.32 Å². The van der Waals surface area contributed by atoms with Crippen LogP contribution in [0, 0.1) is 0 Å². The number of ether oxygens (including phenoxy) is 1. The van der Waals surface area contributed by atoms with E-state index in [4.69, 9.17) is 9.72 Å². The normalized spacial score (nSPS) is 11.7. The average Bonchev–Trinajstić information content (AvgIpc) is 2.94. The molecule has 1 atom stereocenters. The molecule has 0 bridgehead atoms. The molecule has 37 heavy (non-hydrogen) atoms. The van der Waals surface area contributed by atoms with E-state index >= 15 is 0 Å². The highest BCUT2D eigenvalue weighted by atomic mass is 32.2. The zero-order valence-corrected chi connectivity index (χ0v) is 21.0. The molecule has 0 saturated heterocycles. The Balaban J connectivity index is 1.57. The highest BCUT2D eigenvalue weighted by Crippen LogP contribution is 2.36. The lowest BCUT2D eigenvalue weighted by molar-refractivity contribution is -0.115. The quantitative estimate of drug-likeness (QED) is 0.208. The lowest BCUT2D eigenvalue weighted by Gasteiger charge is -2.20. The Labute approximate surface area is 219 Å². The van der Waals surface area contributed by atoms with Crippen molar-refractivity contribution in [2.45, 2.75) is 17.0 Å². The van der Waals surface area contributed by atoms with E-state index in [1.807, 2.05) is 97.1 Å². The molecule has 184 valence electrons. The van der Waals surface area contributed by atoms with Gasteiger partial charge in [-0.1, -0.05) is 90.6 Å². The van der Waals surface area contributed by atoms with Gasteiger partial charge in [-0.15, -0.1) is 0 Å². The second kappa shape index (κ2) is 11.1. The largest absolute Gasteiger partial charge is 0.497 e. The van der Waals surface area contributed by atoms with Gasteiger partial charge in [0.15, 0.2) is 5.16 Å². The van der Waals surface area contributed by atoms with Gasteiger partial charge in [0, 0.05) is 11.8 Å². The van der Waals surface area contributed by atoms with E-state index in [9.17, 15) is 9.59 Å². The number of amides is 1. The fourth-order valence-electron chi connectivity index (χ4n) is 4.06. The summed E-state index contributed by atoms with van der Waals surface area (Å²) in [6, 6.07) is 33.8. The second-order valence-electron chi connectivity index (χ2n) is 8.42. The average molecular weight is 508 g/mol. The molecule has 1 heterocycles. The maximum atomic E-state index is 13.6. The molecule has 1 N–H and O–H groups in total. The molecule has 0 radical (unpaired) electrons. The molecule has 5 aromatic rings. The molecule has 0 unspecified atom stereocenters. The molecule has 0 aliphatic carbocycles. The van der Waals surface area contributed by atoms with E-state index in [1.54, 1.807) is 23.8 Å². The number of carbonyl (C=O) groups excluding carboxylic acids is 1. The van der Waals surface area contributed by atoms with Crippen LogP contribution < -0.4 is 15.6 Å². The number of anilines is 1. The van der Waals surface area contributed by atoms with Crippen LogP contribution in [0.5, 0.6) is 5.75 Å². The van der Waals surface area contributed by atoms with Crippen molar-refractivity contribution in [3.63, 3.8) is 0 Å². The first kappa shape index (κ1) is 24.3. The lowest BCUT2D eigenvalue weighted by Crippen LogP contribution is -2.26. The molecule has 6 nitrogen and oxygen atoms in total. The molecule has 0 spiro atoms. The smallest absolute Gasteiger partial charge is 0.262 e. The first-order valence-corrected chi connectivity index (χ1v) is 12.7. The summed E-state index contributed by atoms with van der Waals surface area (Å²) in [5.74, 6) is 0.424. The Morgan fingerprint density at radius 2 is 1.62 bits per heavy atom. The Kier molecular flexibility index (Phi) is 7.33. The highest BCUT2D eigenvalue weighted by molar-refractivity contribution is 8.00. The zero-order chi connectivity index (χ0) is 25.6. The zero-order valence-electron chi connectivity index (χ0n) is 20.2. The van der Waals surface area contributed by atoms with E-state index in [0.717, 1.165) is 11.1 Å². The van der Waals surface area contributed by atoms with Crippen molar-refractivity contribution in [1.82, 2.24) is 9.55 Å². The standard InChI is InChI=1S/C30H25N3O3S/c1-36-24-16-10-15-23(19-24)31-28(34)27(22-13-6-3-7-14-22)37-30-32-26-18-9-8-17-25(26)29(35)33(30)20-21-11-4-2-5-12-21/h2-19,27H,20H2,1H3,(H,31,34)/t27-/m1/s1. The van der Waals surface area contributed by atoms with E-state index in [-0.39, 0.29) is 11.5 Å². The number of hydrogen-bond donors (Lipinski definition) is 1. The SMILES string of the molecule is COc1cccc(NC(=O)[C@H](Sc2nc3ccccc3c(=O)n2Cc2ccccc2)c2ccccc2)c1. The van der Waals surface area contributed by atoms with Crippen molar-refractivity contribution in [2.24, 2.45) is 0 Å². The number of thioether (sulfide) groups is 1. The van der Waals surface area contributed by atoms with Crippen LogP contribution in [-0.2, 0) is 11.3 Å². The highest BCUT2D eigenvalue weighted by Gasteiger charge is 2.25. The van der Waals surface area contributed by atoms with Crippen LogP contribution >= 0.6 is 11.8 Å². The maximum Gasteiger partial charge on any atom is 0.262 e. The number of fused-ring (bicyclic) bond motifs is 1. The number of benzene rings is 4. The van der Waals surface area contributed by atoms with E-state index < -0.39 is 5.25 Å². The van der Waals surface area contributed by atoms with Crippen molar-refractivity contribution < 1.29 is 9.53 Å². The third-order valence-corrected chi connectivity index (χ3v) is 7.16. The Hall–Kier alpha value is -4.36. The summed E-state index contributed by atoms with van der Waals surface area (Å²) >= 11 is 1.26. The summed E-state index contributed by atoms with van der Waals surface area (Å²) < 4.78 is 6.95. The van der Waals surface area contributed by atoms with Crippen LogP contribution in [-0.4, -0.2) is 22.6 Å². The fraction of sp³-hybridized carbons (Fsp3) is 0.100. The second-order valence-corrected chi connectivity index (χ2v) is 9.49. The van der Waals surface area contributed by atoms with Gasteiger partial charge in [-0.05, 0) is 35.4 Å². The van der Waals surface area contributed by atoms with Gasteiger partial charge >= 0.3 is 0 Å². The Bertz CT molecular complexity index is 1590. The number of nitrogens with zero attached hydrogens (tertiary/aromatic N) is 2. The van der Waals surface area contributed by atoms with Crippen LogP contribution in [0.3, 0.4) is 0 Å². The number of aromatic nitrogens is 2. The van der Waals surface area contributed by atoms with Crippen molar-refractivity contribution in [3.8, 4) is 5.75 Å². The summed E-state index contributed by atoms with van der Waals surface area (Å²) in [4.78, 5) is 32.1. The van der Waals surface area contributed by atoms with Crippen LogP contribution in [0.4, 0.5) is 5.69 Å². The summed E-state index contributed by atoms with van der Waals surface area (Å²) in [5.41, 5.74) is 2.86. The van der Waals surface area contributed by atoms with Crippen LogP contribution in [0.1, 0.15) is 16.4 Å². The van der Waals surface area contributed by atoms with Gasteiger partial charge in [0.2, 0.25) is 5.91 Å². The molecule has 1 amide bonds. The minimum Gasteiger partial charge on any atom is -0.497 e. The van der Waals surface area contributed by atoms with Gasteiger partial charge < -0.3 is 10.1 Å². The van der Waals surface area contributed by atoms with Crippen LogP contribution in [0.2, 0.25) is 0 Å². The first-order chi connectivity index (χ1) is 18.1. The van der Waals surface area contributed by atoms with Gasteiger partial charge in [0.25, 0.3) is 5.56 Å². The molecule has 0 aliphatic heterocycles. The Morgan fingerprint density at radius 1 is 0.919 bits per heavy atom. The Morgan fingerprint density at radius 3 is 2.38 bits per heavy atom. The number of carbonyl (C=O) groups is 1. The number of methoxy groups -OCH3 is 1. The minimum atomic E-state index is -0.650. The molecular formula is C30H25N3O3S. The lowest BCUT2D eigenvalue weighted by atomic mass is 10.1. The van der Waals surface area contributed by atoms with Gasteiger partial charge in [-0.3, -0.25) is 14.2 Å². The van der Waals surface area contributed by atoms with Gasteiger partial charge in [-0.2, -0.15) is 0 Å². The predicted molar refractivity (Wildman–Crippen MR) is 148 cm³/mol. The molecule has 4 aromatic carbocycles. The van der Waals surface area contributed by atoms with Crippen molar-refractivity contribution in [2.75, 3.05) is 12.4 Å². The molecular weight excluding hydrogens is 482 g/mol. The van der Waals surface area contributed by atoms with Gasteiger partial charge in [0.05, 0.1) is 24.6 Å². The van der Waals surface area contributed by atoms with Crippen LogP contribution in [0.25, 0.3) is 10.9 Å². The minimum absolute atomic E-state index is 0.142. The van der Waals surface area contributed by atoms with Crippen molar-refractivity contribution in [3.05, 3.63) is 131 Å².